The quantitative estimate of drug-likeness (QED) is 0.508. The van der Waals surface area contributed by atoms with E-state index in [-0.39, 0.29) is 17.1 Å². The Morgan fingerprint density at radius 1 is 1.35 bits per heavy atom. The van der Waals surface area contributed by atoms with Crippen LogP contribution in [0.3, 0.4) is 0 Å². The number of halogens is 2. The first kappa shape index (κ1) is 11.8. The molecule has 1 heterocycles. The van der Waals surface area contributed by atoms with Crippen molar-refractivity contribution >= 4 is 21.8 Å². The van der Waals surface area contributed by atoms with Crippen LogP contribution in [0, 0.1) is 5.82 Å². The van der Waals surface area contributed by atoms with Gasteiger partial charge in [-0.3, -0.25) is 10.2 Å². The minimum absolute atomic E-state index is 0.0322. The van der Waals surface area contributed by atoms with E-state index in [2.05, 4.69) is 15.9 Å². The van der Waals surface area contributed by atoms with E-state index in [1.54, 1.807) is 12.1 Å². The van der Waals surface area contributed by atoms with Crippen LogP contribution in [0.2, 0.25) is 0 Å². The molecule has 88 valence electrons. The van der Waals surface area contributed by atoms with Crippen LogP contribution in [0.5, 0.6) is 0 Å². The maximum absolute atomic E-state index is 13.6. The molecule has 1 aromatic carbocycles. The van der Waals surface area contributed by atoms with Crippen LogP contribution in [-0.4, -0.2) is 5.91 Å². The Morgan fingerprint density at radius 3 is 2.76 bits per heavy atom. The van der Waals surface area contributed by atoms with Gasteiger partial charge >= 0.3 is 5.91 Å². The van der Waals surface area contributed by atoms with Crippen LogP contribution >= 0.6 is 15.9 Å². The Morgan fingerprint density at radius 2 is 2.12 bits per heavy atom. The van der Waals surface area contributed by atoms with E-state index in [1.165, 1.54) is 18.2 Å². The first-order valence-electron chi connectivity index (χ1n) is 4.68. The highest BCUT2D eigenvalue weighted by Crippen LogP contribution is 2.27. The number of nitrogens with two attached hydrogens (primary N) is 1. The van der Waals surface area contributed by atoms with Crippen molar-refractivity contribution in [3.05, 3.63) is 46.4 Å². The van der Waals surface area contributed by atoms with E-state index in [4.69, 9.17) is 10.3 Å². The lowest BCUT2D eigenvalue weighted by Crippen LogP contribution is -2.29. The molecule has 0 saturated carbocycles. The first-order chi connectivity index (χ1) is 8.11. The van der Waals surface area contributed by atoms with Crippen molar-refractivity contribution in [3.63, 3.8) is 0 Å². The van der Waals surface area contributed by atoms with Gasteiger partial charge in [0.2, 0.25) is 0 Å². The summed E-state index contributed by atoms with van der Waals surface area (Å²) in [6.07, 6.45) is 0. The van der Waals surface area contributed by atoms with Crippen LogP contribution in [0.1, 0.15) is 10.6 Å². The standard InChI is InChI=1S/C11H8BrFN2O2/c12-6-1-2-7(8(13)5-6)9-3-4-10(17-9)11(16)15-14/h1-5H,14H2,(H,15,16). The summed E-state index contributed by atoms with van der Waals surface area (Å²) in [4.78, 5) is 11.2. The number of nitrogen functional groups attached to an aromatic ring is 1. The van der Waals surface area contributed by atoms with Crippen molar-refractivity contribution in [3.8, 4) is 11.3 Å². The third-order valence-electron chi connectivity index (χ3n) is 2.16. The molecule has 4 nitrogen and oxygen atoms in total. The number of furan rings is 1. The summed E-state index contributed by atoms with van der Waals surface area (Å²) in [7, 11) is 0. The molecular weight excluding hydrogens is 291 g/mol. The molecule has 3 N–H and O–H groups in total. The molecule has 0 aliphatic carbocycles. The first-order valence-corrected chi connectivity index (χ1v) is 5.47. The summed E-state index contributed by atoms with van der Waals surface area (Å²) in [6, 6.07) is 7.50. The molecule has 0 atom stereocenters. The van der Waals surface area contributed by atoms with E-state index in [0.717, 1.165) is 0 Å². The number of hydrazine groups is 1. The largest absolute Gasteiger partial charge is 0.451 e. The number of carbonyl (C=O) groups is 1. The van der Waals surface area contributed by atoms with Gasteiger partial charge < -0.3 is 4.42 Å². The van der Waals surface area contributed by atoms with Gasteiger partial charge in [-0.25, -0.2) is 10.2 Å². The predicted octanol–water partition coefficient (Wildman–Crippen LogP) is 2.45. The summed E-state index contributed by atoms with van der Waals surface area (Å²) >= 11 is 3.16. The SMILES string of the molecule is NNC(=O)c1ccc(-c2ccc(Br)cc2F)o1. The Balaban J connectivity index is 2.40. The summed E-state index contributed by atoms with van der Waals surface area (Å²) in [5.41, 5.74) is 2.22. The predicted molar refractivity (Wildman–Crippen MR) is 63.5 cm³/mol. The summed E-state index contributed by atoms with van der Waals surface area (Å²) in [5.74, 6) is 4.27. The van der Waals surface area contributed by atoms with Crippen LogP contribution in [0.25, 0.3) is 11.3 Å². The highest BCUT2D eigenvalue weighted by atomic mass is 79.9. The molecule has 17 heavy (non-hydrogen) atoms. The number of amides is 1. The van der Waals surface area contributed by atoms with Gasteiger partial charge in [-0.2, -0.15) is 0 Å². The number of benzene rings is 1. The monoisotopic (exact) mass is 298 g/mol. The number of hydrogen-bond donors (Lipinski definition) is 2. The minimum Gasteiger partial charge on any atom is -0.451 e. The zero-order valence-electron chi connectivity index (χ0n) is 8.54. The lowest BCUT2D eigenvalue weighted by molar-refractivity contribution is 0.0927. The molecule has 0 spiro atoms. The fourth-order valence-electron chi connectivity index (χ4n) is 1.37. The molecule has 0 saturated heterocycles. The van der Waals surface area contributed by atoms with Crippen molar-refractivity contribution in [2.75, 3.05) is 0 Å². The van der Waals surface area contributed by atoms with E-state index in [1.807, 2.05) is 5.43 Å². The fraction of sp³-hybridized carbons (Fsp3) is 0. The zero-order valence-corrected chi connectivity index (χ0v) is 10.1. The van der Waals surface area contributed by atoms with Gasteiger partial charge in [-0.1, -0.05) is 15.9 Å². The molecule has 6 heteroatoms. The number of nitrogens with one attached hydrogen (secondary N) is 1. The van der Waals surface area contributed by atoms with Gasteiger partial charge in [0.15, 0.2) is 5.76 Å². The van der Waals surface area contributed by atoms with Gasteiger partial charge in [0.25, 0.3) is 0 Å². The fourth-order valence-corrected chi connectivity index (χ4v) is 1.70. The molecule has 0 unspecified atom stereocenters. The lowest BCUT2D eigenvalue weighted by Gasteiger charge is -2.00. The number of hydrogen-bond acceptors (Lipinski definition) is 3. The maximum atomic E-state index is 13.6. The second-order valence-corrected chi connectivity index (χ2v) is 4.18. The van der Waals surface area contributed by atoms with Crippen molar-refractivity contribution in [2.45, 2.75) is 0 Å². The van der Waals surface area contributed by atoms with Gasteiger partial charge in [0, 0.05) is 4.47 Å². The van der Waals surface area contributed by atoms with Crippen LogP contribution < -0.4 is 11.3 Å². The third-order valence-corrected chi connectivity index (χ3v) is 2.65. The van der Waals surface area contributed by atoms with E-state index in [0.29, 0.717) is 4.47 Å². The highest BCUT2D eigenvalue weighted by molar-refractivity contribution is 9.10. The van der Waals surface area contributed by atoms with Crippen molar-refractivity contribution in [1.82, 2.24) is 5.43 Å². The average Bonchev–Trinajstić information content (AvgIpc) is 2.77. The van der Waals surface area contributed by atoms with E-state index in [9.17, 15) is 9.18 Å². The Labute approximate surface area is 105 Å². The average molecular weight is 299 g/mol. The van der Waals surface area contributed by atoms with Crippen molar-refractivity contribution in [2.24, 2.45) is 5.84 Å². The molecule has 1 amide bonds. The minimum atomic E-state index is -0.561. The van der Waals surface area contributed by atoms with Gasteiger partial charge in [0.1, 0.15) is 11.6 Å². The Hall–Kier alpha value is -1.66. The Bertz CT molecular complexity index is 568. The zero-order chi connectivity index (χ0) is 12.4. The number of rotatable bonds is 2. The van der Waals surface area contributed by atoms with Crippen molar-refractivity contribution < 1.29 is 13.6 Å². The normalized spacial score (nSPS) is 10.3. The third kappa shape index (κ3) is 2.37. The molecular formula is C11H8BrFN2O2. The van der Waals surface area contributed by atoms with Crippen LogP contribution in [0.15, 0.2) is 39.2 Å². The summed E-state index contributed by atoms with van der Waals surface area (Å²) < 4.78 is 19.4. The number of carbonyl (C=O) groups excluding carboxylic acids is 1. The van der Waals surface area contributed by atoms with Crippen LogP contribution in [0.4, 0.5) is 4.39 Å². The van der Waals surface area contributed by atoms with Gasteiger partial charge in [-0.15, -0.1) is 0 Å². The molecule has 0 aliphatic rings. The molecule has 0 aliphatic heterocycles. The van der Waals surface area contributed by atoms with Crippen LogP contribution in [-0.2, 0) is 0 Å². The lowest BCUT2D eigenvalue weighted by atomic mass is 10.1. The molecule has 0 radical (unpaired) electrons. The molecule has 0 bridgehead atoms. The summed E-state index contributed by atoms with van der Waals surface area (Å²) in [6.45, 7) is 0. The highest BCUT2D eigenvalue weighted by Gasteiger charge is 2.13. The van der Waals surface area contributed by atoms with Gasteiger partial charge in [0.05, 0.1) is 5.56 Å². The summed E-state index contributed by atoms with van der Waals surface area (Å²) in [5, 5.41) is 0. The Kier molecular flexibility index (Phi) is 3.26. The molecule has 0 fully saturated rings. The smallest absolute Gasteiger partial charge is 0.300 e. The molecule has 2 aromatic rings. The maximum Gasteiger partial charge on any atom is 0.300 e. The van der Waals surface area contributed by atoms with Gasteiger partial charge in [-0.05, 0) is 30.3 Å². The van der Waals surface area contributed by atoms with E-state index >= 15 is 0 Å². The second-order valence-electron chi connectivity index (χ2n) is 3.26. The topological polar surface area (TPSA) is 68.3 Å². The van der Waals surface area contributed by atoms with Crippen molar-refractivity contribution in [1.29, 1.82) is 0 Å². The van der Waals surface area contributed by atoms with E-state index < -0.39 is 11.7 Å². The second kappa shape index (κ2) is 4.68. The molecule has 2 rings (SSSR count). The molecule has 1 aromatic heterocycles.